The molecule has 228 valence electrons. The standard InChI is InChI=1S/C32H59NO6/c1-4-5-6-7-8-15-20-28-38-31(36)25-19-14-10-12-17-23-29(39-32(37)26-21-27-33(2)3)22-16-11-9-13-18-24-30(34)35/h15,20,29H,4-14,16-19,21-28H2,1-3H3,(H,34,35)/b20-15-. The van der Waals surface area contributed by atoms with E-state index in [2.05, 4.69) is 17.9 Å². The molecule has 39 heavy (non-hydrogen) atoms. The summed E-state index contributed by atoms with van der Waals surface area (Å²) in [5, 5.41) is 8.74. The number of rotatable bonds is 28. The van der Waals surface area contributed by atoms with E-state index >= 15 is 0 Å². The van der Waals surface area contributed by atoms with Crippen molar-refractivity contribution in [1.29, 1.82) is 0 Å². The van der Waals surface area contributed by atoms with Gasteiger partial charge in [-0.15, -0.1) is 0 Å². The number of carboxylic acid groups (broad SMARTS) is 1. The Hall–Kier alpha value is -1.89. The van der Waals surface area contributed by atoms with Gasteiger partial charge in [0.25, 0.3) is 0 Å². The molecular weight excluding hydrogens is 494 g/mol. The highest BCUT2D eigenvalue weighted by Gasteiger charge is 2.14. The van der Waals surface area contributed by atoms with E-state index in [-0.39, 0.29) is 24.5 Å². The number of hydrogen-bond acceptors (Lipinski definition) is 6. The third kappa shape index (κ3) is 28.9. The van der Waals surface area contributed by atoms with Gasteiger partial charge < -0.3 is 19.5 Å². The van der Waals surface area contributed by atoms with Crippen LogP contribution in [0.15, 0.2) is 12.2 Å². The lowest BCUT2D eigenvalue weighted by Gasteiger charge is -2.18. The summed E-state index contributed by atoms with van der Waals surface area (Å²) in [6.07, 6.45) is 23.6. The predicted octanol–water partition coefficient (Wildman–Crippen LogP) is 7.86. The Morgan fingerprint density at radius 1 is 0.692 bits per heavy atom. The van der Waals surface area contributed by atoms with Crippen LogP contribution < -0.4 is 0 Å². The Labute approximate surface area is 239 Å². The van der Waals surface area contributed by atoms with Crippen LogP contribution in [0.1, 0.15) is 142 Å². The minimum Gasteiger partial charge on any atom is -0.481 e. The van der Waals surface area contributed by atoms with Crippen LogP contribution in [0.3, 0.4) is 0 Å². The van der Waals surface area contributed by atoms with Crippen molar-refractivity contribution in [2.45, 2.75) is 148 Å². The van der Waals surface area contributed by atoms with Crippen LogP contribution >= 0.6 is 0 Å². The van der Waals surface area contributed by atoms with E-state index in [4.69, 9.17) is 14.6 Å². The van der Waals surface area contributed by atoms with E-state index in [1.807, 2.05) is 20.2 Å². The molecule has 0 aliphatic rings. The summed E-state index contributed by atoms with van der Waals surface area (Å²) in [5.41, 5.74) is 0. The van der Waals surface area contributed by atoms with E-state index < -0.39 is 5.97 Å². The van der Waals surface area contributed by atoms with Gasteiger partial charge in [-0.05, 0) is 78.4 Å². The molecule has 0 fully saturated rings. The summed E-state index contributed by atoms with van der Waals surface area (Å²) in [6.45, 7) is 3.46. The van der Waals surface area contributed by atoms with Gasteiger partial charge in [0.2, 0.25) is 0 Å². The highest BCUT2D eigenvalue weighted by Crippen LogP contribution is 2.18. The fraction of sp³-hybridized carbons (Fsp3) is 0.844. The molecule has 0 heterocycles. The molecule has 0 aliphatic heterocycles. The molecule has 0 bridgehead atoms. The average Bonchev–Trinajstić information content (AvgIpc) is 2.88. The topological polar surface area (TPSA) is 93.1 Å². The third-order valence-corrected chi connectivity index (χ3v) is 6.84. The number of unbranched alkanes of at least 4 members (excludes halogenated alkanes) is 12. The monoisotopic (exact) mass is 553 g/mol. The molecule has 0 aliphatic carbocycles. The maximum absolute atomic E-state index is 12.3. The van der Waals surface area contributed by atoms with Crippen molar-refractivity contribution in [3.05, 3.63) is 12.2 Å². The second-order valence-corrected chi connectivity index (χ2v) is 11.0. The van der Waals surface area contributed by atoms with Crippen molar-refractivity contribution in [1.82, 2.24) is 4.90 Å². The summed E-state index contributed by atoms with van der Waals surface area (Å²) in [6, 6.07) is 0. The molecule has 0 spiro atoms. The van der Waals surface area contributed by atoms with Crippen LogP contribution in [0.5, 0.6) is 0 Å². The Balaban J connectivity index is 4.04. The van der Waals surface area contributed by atoms with Gasteiger partial charge in [-0.3, -0.25) is 14.4 Å². The third-order valence-electron chi connectivity index (χ3n) is 6.84. The van der Waals surface area contributed by atoms with E-state index in [9.17, 15) is 14.4 Å². The minimum atomic E-state index is -0.729. The lowest BCUT2D eigenvalue weighted by molar-refractivity contribution is -0.150. The first-order valence-electron chi connectivity index (χ1n) is 15.7. The largest absolute Gasteiger partial charge is 0.481 e. The van der Waals surface area contributed by atoms with Crippen molar-refractivity contribution >= 4 is 17.9 Å². The quantitative estimate of drug-likeness (QED) is 0.0599. The SMILES string of the molecule is CCCCCC/C=C\COC(=O)CCCCCCCC(CCCCCCCC(=O)O)OC(=O)CCCN(C)C. The van der Waals surface area contributed by atoms with Gasteiger partial charge in [0, 0.05) is 19.3 Å². The van der Waals surface area contributed by atoms with Gasteiger partial charge in [-0.1, -0.05) is 76.9 Å². The van der Waals surface area contributed by atoms with Crippen LogP contribution in [0.4, 0.5) is 0 Å². The Kier molecular flexibility index (Phi) is 26.3. The maximum Gasteiger partial charge on any atom is 0.306 e. The van der Waals surface area contributed by atoms with Gasteiger partial charge in [-0.25, -0.2) is 0 Å². The fourth-order valence-corrected chi connectivity index (χ4v) is 4.48. The maximum atomic E-state index is 12.3. The van der Waals surface area contributed by atoms with Crippen LogP contribution in [-0.2, 0) is 23.9 Å². The molecule has 1 N–H and O–H groups in total. The first-order chi connectivity index (χ1) is 18.8. The zero-order valence-corrected chi connectivity index (χ0v) is 25.4. The zero-order chi connectivity index (χ0) is 29.0. The Morgan fingerprint density at radius 2 is 1.26 bits per heavy atom. The van der Waals surface area contributed by atoms with Crippen molar-refractivity contribution in [3.8, 4) is 0 Å². The van der Waals surface area contributed by atoms with Gasteiger partial charge in [0.15, 0.2) is 0 Å². The minimum absolute atomic E-state index is 0.0365. The second kappa shape index (κ2) is 27.7. The van der Waals surface area contributed by atoms with Gasteiger partial charge in [0.1, 0.15) is 12.7 Å². The molecular formula is C32H59NO6. The van der Waals surface area contributed by atoms with Crippen molar-refractivity contribution in [2.24, 2.45) is 0 Å². The summed E-state index contributed by atoms with van der Waals surface area (Å²) in [4.78, 5) is 36.9. The van der Waals surface area contributed by atoms with Gasteiger partial charge >= 0.3 is 17.9 Å². The number of hydrogen-bond donors (Lipinski definition) is 1. The van der Waals surface area contributed by atoms with Crippen molar-refractivity contribution in [2.75, 3.05) is 27.2 Å². The molecule has 0 saturated carbocycles. The highest BCUT2D eigenvalue weighted by molar-refractivity contribution is 5.69. The number of nitrogens with zero attached hydrogens (tertiary/aromatic N) is 1. The van der Waals surface area contributed by atoms with Crippen LogP contribution in [-0.4, -0.2) is 61.3 Å². The highest BCUT2D eigenvalue weighted by atomic mass is 16.5. The number of esters is 2. The Morgan fingerprint density at radius 3 is 1.87 bits per heavy atom. The van der Waals surface area contributed by atoms with Crippen LogP contribution in [0, 0.1) is 0 Å². The lowest BCUT2D eigenvalue weighted by atomic mass is 10.0. The first-order valence-corrected chi connectivity index (χ1v) is 15.7. The number of ether oxygens (including phenoxy) is 2. The summed E-state index contributed by atoms with van der Waals surface area (Å²) in [7, 11) is 4.00. The molecule has 0 rings (SSSR count). The number of carbonyl (C=O) groups excluding carboxylic acids is 2. The van der Waals surface area contributed by atoms with E-state index in [0.717, 1.165) is 96.4 Å². The van der Waals surface area contributed by atoms with Crippen molar-refractivity contribution < 1.29 is 29.0 Å². The molecule has 1 atom stereocenters. The van der Waals surface area contributed by atoms with Gasteiger partial charge in [0.05, 0.1) is 0 Å². The smallest absolute Gasteiger partial charge is 0.306 e. The molecule has 0 aromatic heterocycles. The van der Waals surface area contributed by atoms with Crippen LogP contribution in [0.25, 0.3) is 0 Å². The fourth-order valence-electron chi connectivity index (χ4n) is 4.48. The first kappa shape index (κ1) is 37.1. The number of aliphatic carboxylic acids is 1. The molecule has 0 radical (unpaired) electrons. The molecule has 0 amide bonds. The summed E-state index contributed by atoms with van der Waals surface area (Å²) < 4.78 is 11.1. The molecule has 7 heteroatoms. The molecule has 0 saturated heterocycles. The number of carbonyl (C=O) groups is 3. The predicted molar refractivity (Wildman–Crippen MR) is 159 cm³/mol. The zero-order valence-electron chi connectivity index (χ0n) is 25.4. The summed E-state index contributed by atoms with van der Waals surface area (Å²) >= 11 is 0. The Bertz CT molecular complexity index is 634. The average molecular weight is 554 g/mol. The summed E-state index contributed by atoms with van der Waals surface area (Å²) in [5.74, 6) is -0.949. The normalized spacial score (nSPS) is 12.2. The molecule has 0 aromatic carbocycles. The molecule has 1 unspecified atom stereocenters. The van der Waals surface area contributed by atoms with Crippen LogP contribution in [0.2, 0.25) is 0 Å². The lowest BCUT2D eigenvalue weighted by Crippen LogP contribution is -2.20. The number of allylic oxidation sites excluding steroid dienone is 1. The van der Waals surface area contributed by atoms with E-state index in [1.165, 1.54) is 25.7 Å². The second-order valence-electron chi connectivity index (χ2n) is 11.0. The van der Waals surface area contributed by atoms with E-state index in [1.54, 1.807) is 0 Å². The number of carboxylic acids is 1. The van der Waals surface area contributed by atoms with Gasteiger partial charge in [-0.2, -0.15) is 0 Å². The molecule has 0 aromatic rings. The van der Waals surface area contributed by atoms with Crippen molar-refractivity contribution in [3.63, 3.8) is 0 Å². The molecule has 7 nitrogen and oxygen atoms in total. The van der Waals surface area contributed by atoms with E-state index in [0.29, 0.717) is 19.4 Å².